The molecule has 0 spiro atoms. The smallest absolute Gasteiger partial charge is 0.475 e. The summed E-state index contributed by atoms with van der Waals surface area (Å²) >= 11 is 0. The number of rotatable bonds is 6. The van der Waals surface area contributed by atoms with Gasteiger partial charge in [-0.2, -0.15) is 18.3 Å². The largest absolute Gasteiger partial charge is 0.490 e. The molecule has 0 aromatic carbocycles. The van der Waals surface area contributed by atoms with Crippen molar-refractivity contribution < 1.29 is 32.5 Å². The summed E-state index contributed by atoms with van der Waals surface area (Å²) in [5.74, 6) is -2.76. The van der Waals surface area contributed by atoms with Crippen molar-refractivity contribution in [2.75, 3.05) is 26.9 Å². The molecule has 1 aromatic heterocycles. The lowest BCUT2D eigenvalue weighted by atomic mass is 10.1. The van der Waals surface area contributed by atoms with Gasteiger partial charge in [0, 0.05) is 26.4 Å². The van der Waals surface area contributed by atoms with Crippen LogP contribution >= 0.6 is 0 Å². The van der Waals surface area contributed by atoms with Crippen LogP contribution in [0.5, 0.6) is 0 Å². The highest BCUT2D eigenvalue weighted by Crippen LogP contribution is 2.16. The Morgan fingerprint density at radius 2 is 2.17 bits per heavy atom. The molecule has 1 saturated heterocycles. The summed E-state index contributed by atoms with van der Waals surface area (Å²) in [6, 6.07) is 0.399. The summed E-state index contributed by atoms with van der Waals surface area (Å²) in [6.45, 7) is 2.37. The highest BCUT2D eigenvalue weighted by molar-refractivity contribution is 5.73. The van der Waals surface area contributed by atoms with Crippen molar-refractivity contribution in [3.05, 3.63) is 18.0 Å². The lowest BCUT2D eigenvalue weighted by Gasteiger charge is -2.19. The van der Waals surface area contributed by atoms with Crippen molar-refractivity contribution in [1.82, 2.24) is 15.1 Å². The van der Waals surface area contributed by atoms with Gasteiger partial charge in [-0.1, -0.05) is 0 Å². The topological polar surface area (TPSA) is 85.6 Å². The molecule has 0 amide bonds. The minimum absolute atomic E-state index is 0.297. The van der Waals surface area contributed by atoms with Gasteiger partial charge in [0.2, 0.25) is 0 Å². The first-order valence-corrected chi connectivity index (χ1v) is 7.35. The molecule has 2 heterocycles. The molecule has 2 rings (SSSR count). The van der Waals surface area contributed by atoms with E-state index in [0.717, 1.165) is 19.4 Å². The second kappa shape index (κ2) is 9.60. The van der Waals surface area contributed by atoms with Crippen LogP contribution in [0.2, 0.25) is 0 Å². The van der Waals surface area contributed by atoms with Gasteiger partial charge >= 0.3 is 12.1 Å². The molecule has 24 heavy (non-hydrogen) atoms. The number of aromatic nitrogens is 2. The second-order valence-electron chi connectivity index (χ2n) is 5.28. The van der Waals surface area contributed by atoms with E-state index >= 15 is 0 Å². The zero-order valence-electron chi connectivity index (χ0n) is 13.5. The number of methoxy groups -OCH3 is 1. The second-order valence-corrected chi connectivity index (χ2v) is 5.28. The molecule has 0 aliphatic carbocycles. The van der Waals surface area contributed by atoms with E-state index in [-0.39, 0.29) is 0 Å². The standard InChI is InChI=1S/C12H21N3O2.C2HF3O2/c1-15-9-10(8-14-15)7-11-12(3-4-13-11)17-6-5-16-2;3-2(4,5)1(6)7/h8-9,11-13H,3-7H2,1-2H3;(H,6,7)/t11-,12-;/m0./s1. The molecule has 7 nitrogen and oxygen atoms in total. The van der Waals surface area contributed by atoms with Gasteiger partial charge < -0.3 is 19.9 Å². The molecule has 0 unspecified atom stereocenters. The minimum atomic E-state index is -5.08. The maximum absolute atomic E-state index is 10.6. The monoisotopic (exact) mass is 353 g/mol. The molecule has 1 aliphatic heterocycles. The zero-order chi connectivity index (χ0) is 18.2. The van der Waals surface area contributed by atoms with E-state index in [9.17, 15) is 13.2 Å². The maximum atomic E-state index is 10.6. The number of halogens is 3. The lowest BCUT2D eigenvalue weighted by molar-refractivity contribution is -0.192. The summed E-state index contributed by atoms with van der Waals surface area (Å²) in [6.07, 6.45) is 1.25. The first kappa shape index (κ1) is 20.4. The minimum Gasteiger partial charge on any atom is -0.475 e. The molecule has 0 bridgehead atoms. The van der Waals surface area contributed by atoms with Gasteiger partial charge in [-0.25, -0.2) is 4.79 Å². The summed E-state index contributed by atoms with van der Waals surface area (Å²) in [7, 11) is 3.64. The van der Waals surface area contributed by atoms with Crippen molar-refractivity contribution in [3.63, 3.8) is 0 Å². The van der Waals surface area contributed by atoms with Gasteiger partial charge in [0.05, 0.1) is 25.5 Å². The van der Waals surface area contributed by atoms with Gasteiger partial charge in [0.15, 0.2) is 0 Å². The third-order valence-electron chi connectivity index (χ3n) is 3.36. The summed E-state index contributed by atoms with van der Waals surface area (Å²) < 4.78 is 44.4. The Hall–Kier alpha value is -1.65. The Kier molecular flexibility index (Phi) is 8.16. The summed E-state index contributed by atoms with van der Waals surface area (Å²) in [5.41, 5.74) is 1.26. The SMILES string of the molecule is COCCO[C@H]1CCN[C@H]1Cc1cnn(C)c1.O=C(O)C(F)(F)F. The normalized spacial score (nSPS) is 20.5. The Morgan fingerprint density at radius 1 is 1.50 bits per heavy atom. The van der Waals surface area contributed by atoms with Crippen LogP contribution in [-0.4, -0.2) is 66.0 Å². The molecule has 2 N–H and O–H groups in total. The average Bonchev–Trinajstić information content (AvgIpc) is 3.09. The van der Waals surface area contributed by atoms with Crippen LogP contribution in [0.3, 0.4) is 0 Å². The molecular formula is C14H22F3N3O4. The van der Waals surface area contributed by atoms with Crippen LogP contribution in [0.4, 0.5) is 13.2 Å². The van der Waals surface area contributed by atoms with Crippen LogP contribution in [0, 0.1) is 0 Å². The number of aliphatic carboxylic acids is 1. The van der Waals surface area contributed by atoms with E-state index in [1.54, 1.807) is 7.11 Å². The van der Waals surface area contributed by atoms with Gasteiger partial charge in [-0.05, 0) is 24.9 Å². The van der Waals surface area contributed by atoms with Crippen molar-refractivity contribution in [2.45, 2.75) is 31.2 Å². The highest BCUT2D eigenvalue weighted by Gasteiger charge is 2.38. The number of carbonyl (C=O) groups is 1. The molecule has 1 aliphatic rings. The van der Waals surface area contributed by atoms with Crippen molar-refractivity contribution in [3.8, 4) is 0 Å². The zero-order valence-corrected chi connectivity index (χ0v) is 13.5. The van der Waals surface area contributed by atoms with Crippen LogP contribution in [0.1, 0.15) is 12.0 Å². The molecule has 10 heteroatoms. The molecular weight excluding hydrogens is 331 g/mol. The van der Waals surface area contributed by atoms with Gasteiger partial charge in [-0.15, -0.1) is 0 Å². The number of hydrogen-bond donors (Lipinski definition) is 2. The Balaban J connectivity index is 0.000000351. The van der Waals surface area contributed by atoms with Crippen molar-refractivity contribution in [1.29, 1.82) is 0 Å². The first-order valence-electron chi connectivity index (χ1n) is 7.35. The number of nitrogens with one attached hydrogen (secondary N) is 1. The lowest BCUT2D eigenvalue weighted by Crippen LogP contribution is -2.34. The Morgan fingerprint density at radius 3 is 2.67 bits per heavy atom. The average molecular weight is 353 g/mol. The number of carboxylic acid groups (broad SMARTS) is 1. The highest BCUT2D eigenvalue weighted by atomic mass is 19.4. The number of ether oxygens (including phenoxy) is 2. The molecule has 138 valence electrons. The summed E-state index contributed by atoms with van der Waals surface area (Å²) in [5, 5.41) is 14.8. The quantitative estimate of drug-likeness (QED) is 0.742. The van der Waals surface area contributed by atoms with Gasteiger partial charge in [-0.3, -0.25) is 4.68 Å². The number of nitrogens with zero attached hydrogens (tertiary/aromatic N) is 2. The molecule has 1 aromatic rings. The number of carboxylic acids is 1. The van der Waals surface area contributed by atoms with Crippen LogP contribution in [0.15, 0.2) is 12.4 Å². The Bertz CT molecular complexity index is 508. The number of aryl methyl sites for hydroxylation is 1. The van der Waals surface area contributed by atoms with Crippen LogP contribution < -0.4 is 5.32 Å². The van der Waals surface area contributed by atoms with E-state index in [1.165, 1.54) is 5.56 Å². The fourth-order valence-electron chi connectivity index (χ4n) is 2.26. The summed E-state index contributed by atoms with van der Waals surface area (Å²) in [4.78, 5) is 8.90. The van der Waals surface area contributed by atoms with E-state index < -0.39 is 12.1 Å². The molecule has 1 fully saturated rings. The van der Waals surface area contributed by atoms with E-state index in [2.05, 4.69) is 16.6 Å². The van der Waals surface area contributed by atoms with Gasteiger partial charge in [0.1, 0.15) is 0 Å². The number of hydrogen-bond acceptors (Lipinski definition) is 5. The fourth-order valence-corrected chi connectivity index (χ4v) is 2.26. The van der Waals surface area contributed by atoms with Crippen LogP contribution in [-0.2, 0) is 27.7 Å². The maximum Gasteiger partial charge on any atom is 0.490 e. The van der Waals surface area contributed by atoms with E-state index in [0.29, 0.717) is 25.4 Å². The van der Waals surface area contributed by atoms with Crippen molar-refractivity contribution in [2.24, 2.45) is 7.05 Å². The van der Waals surface area contributed by atoms with Crippen molar-refractivity contribution >= 4 is 5.97 Å². The molecule has 0 saturated carbocycles. The Labute approximate surface area is 137 Å². The molecule has 2 atom stereocenters. The molecule has 0 radical (unpaired) electrons. The van der Waals surface area contributed by atoms with E-state index in [1.807, 2.05) is 17.9 Å². The fraction of sp³-hybridized carbons (Fsp3) is 0.714. The van der Waals surface area contributed by atoms with Crippen LogP contribution in [0.25, 0.3) is 0 Å². The number of alkyl halides is 3. The van der Waals surface area contributed by atoms with E-state index in [4.69, 9.17) is 19.4 Å². The third-order valence-corrected chi connectivity index (χ3v) is 3.36. The predicted molar refractivity (Wildman–Crippen MR) is 78.6 cm³/mol. The third kappa shape index (κ3) is 7.28. The first-order chi connectivity index (χ1) is 11.2. The predicted octanol–water partition coefficient (Wildman–Crippen LogP) is 0.989. The van der Waals surface area contributed by atoms with Gasteiger partial charge in [0.25, 0.3) is 0 Å².